The molecule has 10 heteroatoms. The Morgan fingerprint density at radius 3 is 2.27 bits per heavy atom. The Hall–Kier alpha value is -2.98. The van der Waals surface area contributed by atoms with Crippen LogP contribution in [0.5, 0.6) is 0 Å². The molecule has 1 aromatic carbocycles. The fourth-order valence-electron chi connectivity index (χ4n) is 1.93. The van der Waals surface area contributed by atoms with E-state index in [0.717, 1.165) is 5.56 Å². The molecule has 3 rings (SSSR count). The number of β-lactam (4-membered cyclic amide) rings is 1. The van der Waals surface area contributed by atoms with Gasteiger partial charge in [-0.2, -0.15) is 8.42 Å². The van der Waals surface area contributed by atoms with Gasteiger partial charge < -0.3 is 10.1 Å². The molecule has 0 aliphatic carbocycles. The number of alkyl carbamates (subject to hydrolysis) is 1. The van der Waals surface area contributed by atoms with Crippen molar-refractivity contribution in [1.29, 1.82) is 0 Å². The van der Waals surface area contributed by atoms with Gasteiger partial charge in [0.1, 0.15) is 12.6 Å². The number of nitrogens with one attached hydrogen (secondary N) is 1. The molecule has 1 aliphatic heterocycles. The first kappa shape index (κ1) is 19.3. The summed E-state index contributed by atoms with van der Waals surface area (Å²) in [5.41, 5.74) is 0.780. The first-order valence-electron chi connectivity index (χ1n) is 7.49. The molecular formula is C16H17N3O6S. The quantitative estimate of drug-likeness (QED) is 0.600. The molecule has 138 valence electrons. The summed E-state index contributed by atoms with van der Waals surface area (Å²) in [5, 5.41) is 2.21. The fraction of sp³-hybridized carbons (Fsp3) is 0.188. The van der Waals surface area contributed by atoms with Crippen LogP contribution in [0.1, 0.15) is 5.56 Å². The van der Waals surface area contributed by atoms with Crippen LogP contribution in [-0.4, -0.2) is 46.8 Å². The normalized spacial score (nSPS) is 16.0. The molecule has 0 saturated carbocycles. The van der Waals surface area contributed by atoms with Crippen molar-refractivity contribution in [3.63, 3.8) is 0 Å². The molecule has 1 saturated heterocycles. The van der Waals surface area contributed by atoms with E-state index >= 15 is 0 Å². The third-order valence-corrected chi connectivity index (χ3v) is 4.13. The number of amides is 2. The van der Waals surface area contributed by atoms with Gasteiger partial charge in [0.05, 0.1) is 6.54 Å². The second-order valence-corrected chi connectivity index (χ2v) is 6.47. The third kappa shape index (κ3) is 5.83. The molecule has 2 amide bonds. The number of ether oxygens (including phenoxy) is 1. The van der Waals surface area contributed by atoms with Crippen molar-refractivity contribution in [3.8, 4) is 0 Å². The molecule has 9 nitrogen and oxygen atoms in total. The molecule has 1 fully saturated rings. The maximum Gasteiger partial charge on any atom is 0.408 e. The van der Waals surface area contributed by atoms with Gasteiger partial charge in [0.25, 0.3) is 5.91 Å². The number of nitrogens with zero attached hydrogens (tertiary/aromatic N) is 2. The van der Waals surface area contributed by atoms with Gasteiger partial charge in [0.2, 0.25) is 0 Å². The summed E-state index contributed by atoms with van der Waals surface area (Å²) in [6.45, 7) is -0.270. The Labute approximate surface area is 150 Å². The smallest absolute Gasteiger partial charge is 0.408 e. The molecule has 1 aromatic heterocycles. The zero-order valence-corrected chi connectivity index (χ0v) is 14.4. The lowest BCUT2D eigenvalue weighted by Gasteiger charge is -2.34. The highest BCUT2D eigenvalue weighted by atomic mass is 32.2. The molecular weight excluding hydrogens is 362 g/mol. The minimum atomic E-state index is -4.55. The Morgan fingerprint density at radius 1 is 1.19 bits per heavy atom. The second kappa shape index (κ2) is 8.92. The summed E-state index contributed by atoms with van der Waals surface area (Å²) < 4.78 is 35.1. The molecule has 0 spiro atoms. The van der Waals surface area contributed by atoms with Gasteiger partial charge in [0, 0.05) is 12.4 Å². The zero-order valence-electron chi connectivity index (χ0n) is 13.6. The van der Waals surface area contributed by atoms with Crippen molar-refractivity contribution in [3.05, 3.63) is 66.5 Å². The minimum Gasteiger partial charge on any atom is -0.445 e. The average Bonchev–Trinajstić information content (AvgIpc) is 2.64. The van der Waals surface area contributed by atoms with E-state index in [2.05, 4.69) is 10.3 Å². The lowest BCUT2D eigenvalue weighted by atomic mass is 10.2. The zero-order chi connectivity index (χ0) is 19.0. The van der Waals surface area contributed by atoms with Crippen molar-refractivity contribution in [1.82, 2.24) is 14.6 Å². The van der Waals surface area contributed by atoms with Crippen LogP contribution >= 0.6 is 0 Å². The van der Waals surface area contributed by atoms with Crippen LogP contribution in [0.15, 0.2) is 60.9 Å². The number of pyridine rings is 1. The topological polar surface area (TPSA) is 126 Å². The molecule has 2 N–H and O–H groups in total. The van der Waals surface area contributed by atoms with Gasteiger partial charge in [-0.05, 0) is 17.7 Å². The SMILES string of the molecule is O=C(NC1CN(S(=O)(=O)O)C1=O)OCc1ccccc1.c1ccncc1. The number of hydrogen-bond acceptors (Lipinski definition) is 6. The Morgan fingerprint density at radius 2 is 1.81 bits per heavy atom. The second-order valence-electron chi connectivity index (χ2n) is 5.13. The summed E-state index contributed by atoms with van der Waals surface area (Å²) >= 11 is 0. The molecule has 2 aromatic rings. The fourth-order valence-corrected chi connectivity index (χ4v) is 2.62. The monoisotopic (exact) mass is 379 g/mol. The summed E-state index contributed by atoms with van der Waals surface area (Å²) in [6.07, 6.45) is 2.67. The van der Waals surface area contributed by atoms with Gasteiger partial charge in [-0.25, -0.2) is 9.10 Å². The van der Waals surface area contributed by atoms with E-state index in [1.165, 1.54) is 0 Å². The minimum absolute atomic E-state index is 0.0373. The van der Waals surface area contributed by atoms with Gasteiger partial charge >= 0.3 is 16.4 Å². The van der Waals surface area contributed by atoms with E-state index in [9.17, 15) is 18.0 Å². The van der Waals surface area contributed by atoms with Gasteiger partial charge in [0.15, 0.2) is 0 Å². The van der Waals surface area contributed by atoms with Crippen LogP contribution in [0.2, 0.25) is 0 Å². The number of carbonyl (C=O) groups is 2. The van der Waals surface area contributed by atoms with Crippen molar-refractivity contribution in [2.24, 2.45) is 0 Å². The van der Waals surface area contributed by atoms with Crippen molar-refractivity contribution >= 4 is 22.3 Å². The maximum atomic E-state index is 11.4. The summed E-state index contributed by atoms with van der Waals surface area (Å²) in [4.78, 5) is 26.5. The van der Waals surface area contributed by atoms with E-state index in [1.54, 1.807) is 36.7 Å². The standard InChI is InChI=1S/C11H12N2O6S.C5H5N/c14-10-9(6-13(10)20(16,17)18)12-11(15)19-7-8-4-2-1-3-5-8;1-2-4-6-5-3-1/h1-5,9H,6-7H2,(H,12,15)(H,16,17,18);1-5H. The van der Waals surface area contributed by atoms with Crippen LogP contribution in [0, 0.1) is 0 Å². The number of aromatic nitrogens is 1. The average molecular weight is 379 g/mol. The lowest BCUT2D eigenvalue weighted by molar-refractivity contribution is -0.136. The van der Waals surface area contributed by atoms with Gasteiger partial charge in [-0.3, -0.25) is 14.3 Å². The molecule has 0 radical (unpaired) electrons. The highest BCUT2D eigenvalue weighted by molar-refractivity contribution is 7.84. The first-order chi connectivity index (χ1) is 12.4. The maximum absolute atomic E-state index is 11.4. The van der Waals surface area contributed by atoms with Crippen LogP contribution < -0.4 is 5.32 Å². The van der Waals surface area contributed by atoms with Crippen LogP contribution in [0.3, 0.4) is 0 Å². The number of rotatable bonds is 4. The molecule has 26 heavy (non-hydrogen) atoms. The van der Waals surface area contributed by atoms with E-state index in [1.807, 2.05) is 24.3 Å². The van der Waals surface area contributed by atoms with E-state index in [0.29, 0.717) is 0 Å². The summed E-state index contributed by atoms with van der Waals surface area (Å²) in [7, 11) is -4.55. The highest BCUT2D eigenvalue weighted by Gasteiger charge is 2.44. The summed E-state index contributed by atoms with van der Waals surface area (Å²) in [6, 6.07) is 13.6. The van der Waals surface area contributed by atoms with Crippen LogP contribution in [0.4, 0.5) is 4.79 Å². The number of benzene rings is 1. The van der Waals surface area contributed by atoms with Gasteiger partial charge in [-0.15, -0.1) is 0 Å². The highest BCUT2D eigenvalue weighted by Crippen LogP contribution is 2.14. The van der Waals surface area contributed by atoms with Crippen LogP contribution in [0.25, 0.3) is 0 Å². The van der Waals surface area contributed by atoms with E-state index in [-0.39, 0.29) is 17.5 Å². The molecule has 1 aliphatic rings. The van der Waals surface area contributed by atoms with Crippen molar-refractivity contribution in [2.75, 3.05) is 6.54 Å². The molecule has 1 atom stereocenters. The summed E-state index contributed by atoms with van der Waals surface area (Å²) in [5.74, 6) is -0.899. The van der Waals surface area contributed by atoms with E-state index < -0.39 is 28.3 Å². The molecule has 2 heterocycles. The first-order valence-corrected chi connectivity index (χ1v) is 8.89. The predicted octanol–water partition coefficient (Wildman–Crippen LogP) is 1.01. The van der Waals surface area contributed by atoms with Gasteiger partial charge in [-0.1, -0.05) is 36.4 Å². The Bertz CT molecular complexity index is 803. The predicted molar refractivity (Wildman–Crippen MR) is 91.0 cm³/mol. The number of hydrogen-bond donors (Lipinski definition) is 2. The van der Waals surface area contributed by atoms with Crippen LogP contribution in [-0.2, 0) is 26.4 Å². The Kier molecular flexibility index (Phi) is 6.64. The number of carbonyl (C=O) groups excluding carboxylic acids is 2. The third-order valence-electron chi connectivity index (χ3n) is 3.24. The lowest BCUT2D eigenvalue weighted by Crippen LogP contribution is -2.65. The molecule has 0 bridgehead atoms. The van der Waals surface area contributed by atoms with E-state index in [4.69, 9.17) is 9.29 Å². The Balaban J connectivity index is 0.000000342. The largest absolute Gasteiger partial charge is 0.445 e. The van der Waals surface area contributed by atoms with Crippen molar-refractivity contribution < 1.29 is 27.3 Å². The molecule has 1 unspecified atom stereocenters. The van der Waals surface area contributed by atoms with Crippen molar-refractivity contribution in [2.45, 2.75) is 12.6 Å².